The molecule has 1 N–H and O–H groups in total. The SMILES string of the molecule is Cc1ccc2nc(CNc3cc(Cl)ccc3OCC(F)(F)F)cc(=O)n2c1. The monoisotopic (exact) mass is 397 g/mol. The van der Waals surface area contributed by atoms with Crippen molar-refractivity contribution in [1.29, 1.82) is 0 Å². The van der Waals surface area contributed by atoms with Gasteiger partial charge in [-0.1, -0.05) is 17.7 Å². The largest absolute Gasteiger partial charge is 0.482 e. The van der Waals surface area contributed by atoms with Crippen molar-refractivity contribution in [3.8, 4) is 5.75 Å². The number of ether oxygens (including phenoxy) is 1. The average molecular weight is 398 g/mol. The van der Waals surface area contributed by atoms with Crippen molar-refractivity contribution in [3.05, 3.63) is 69.2 Å². The zero-order chi connectivity index (χ0) is 19.6. The number of fused-ring (bicyclic) bond motifs is 1. The number of nitrogens with zero attached hydrogens (tertiary/aromatic N) is 2. The van der Waals surface area contributed by atoms with Gasteiger partial charge in [-0.3, -0.25) is 9.20 Å². The van der Waals surface area contributed by atoms with Gasteiger partial charge in [0.25, 0.3) is 5.56 Å². The van der Waals surface area contributed by atoms with E-state index in [0.717, 1.165) is 5.56 Å². The maximum atomic E-state index is 12.4. The van der Waals surface area contributed by atoms with Crippen molar-refractivity contribution in [2.75, 3.05) is 11.9 Å². The number of halogens is 4. The molecule has 9 heteroatoms. The summed E-state index contributed by atoms with van der Waals surface area (Å²) < 4.78 is 43.5. The van der Waals surface area contributed by atoms with Crippen LogP contribution in [0.5, 0.6) is 5.75 Å². The zero-order valence-corrected chi connectivity index (χ0v) is 14.9. The fourth-order valence-electron chi connectivity index (χ4n) is 2.46. The molecule has 2 heterocycles. The second-order valence-corrected chi connectivity index (χ2v) is 6.35. The molecule has 0 unspecified atom stereocenters. The Morgan fingerprint density at radius 1 is 1.22 bits per heavy atom. The molecule has 0 saturated heterocycles. The van der Waals surface area contributed by atoms with E-state index in [1.807, 2.05) is 13.0 Å². The number of aryl methyl sites for hydroxylation is 1. The van der Waals surface area contributed by atoms with E-state index in [4.69, 9.17) is 16.3 Å². The van der Waals surface area contributed by atoms with Crippen LogP contribution in [0.25, 0.3) is 5.65 Å². The standard InChI is InChI=1S/C18H15ClF3N3O2/c1-11-2-5-16-24-13(7-17(26)25(16)9-11)8-23-14-6-12(19)3-4-15(14)27-10-18(20,21)22/h2-7,9,23H,8,10H2,1H3. The molecular weight excluding hydrogens is 383 g/mol. The molecule has 0 spiro atoms. The van der Waals surface area contributed by atoms with Gasteiger partial charge in [0.2, 0.25) is 0 Å². The zero-order valence-electron chi connectivity index (χ0n) is 14.2. The third kappa shape index (κ3) is 4.91. The van der Waals surface area contributed by atoms with Gasteiger partial charge in [-0.25, -0.2) is 4.98 Å². The summed E-state index contributed by atoms with van der Waals surface area (Å²) >= 11 is 5.92. The number of pyridine rings is 1. The third-order valence-corrected chi connectivity index (χ3v) is 3.89. The van der Waals surface area contributed by atoms with Crippen LogP contribution in [0.15, 0.2) is 47.4 Å². The number of benzene rings is 1. The van der Waals surface area contributed by atoms with Crippen LogP contribution in [0.2, 0.25) is 5.02 Å². The van der Waals surface area contributed by atoms with Crippen LogP contribution in [0, 0.1) is 6.92 Å². The molecule has 27 heavy (non-hydrogen) atoms. The summed E-state index contributed by atoms with van der Waals surface area (Å²) in [5.74, 6) is 0.00450. The third-order valence-electron chi connectivity index (χ3n) is 3.65. The molecule has 0 fully saturated rings. The van der Waals surface area contributed by atoms with Crippen molar-refractivity contribution in [2.45, 2.75) is 19.6 Å². The van der Waals surface area contributed by atoms with E-state index in [1.165, 1.54) is 28.7 Å². The predicted octanol–water partition coefficient (Wildman–Crippen LogP) is 4.21. The molecule has 0 amide bonds. The van der Waals surface area contributed by atoms with E-state index in [2.05, 4.69) is 10.3 Å². The van der Waals surface area contributed by atoms with Crippen LogP contribution in [0.1, 0.15) is 11.3 Å². The van der Waals surface area contributed by atoms with Gasteiger partial charge in [-0.2, -0.15) is 13.2 Å². The lowest BCUT2D eigenvalue weighted by atomic mass is 10.2. The highest BCUT2D eigenvalue weighted by molar-refractivity contribution is 6.30. The maximum absolute atomic E-state index is 12.4. The molecule has 5 nitrogen and oxygen atoms in total. The molecule has 0 atom stereocenters. The van der Waals surface area contributed by atoms with Gasteiger partial charge in [0.1, 0.15) is 11.4 Å². The van der Waals surface area contributed by atoms with Crippen LogP contribution in [-0.2, 0) is 6.54 Å². The average Bonchev–Trinajstić information content (AvgIpc) is 2.59. The predicted molar refractivity (Wildman–Crippen MR) is 96.5 cm³/mol. The van der Waals surface area contributed by atoms with E-state index >= 15 is 0 Å². The van der Waals surface area contributed by atoms with E-state index in [0.29, 0.717) is 16.4 Å². The van der Waals surface area contributed by atoms with E-state index < -0.39 is 12.8 Å². The first-order chi connectivity index (χ1) is 12.7. The first kappa shape index (κ1) is 19.0. The van der Waals surface area contributed by atoms with Crippen molar-refractivity contribution in [1.82, 2.24) is 9.38 Å². The highest BCUT2D eigenvalue weighted by Crippen LogP contribution is 2.30. The molecule has 3 aromatic rings. The van der Waals surface area contributed by atoms with Crippen molar-refractivity contribution in [2.24, 2.45) is 0 Å². The highest BCUT2D eigenvalue weighted by Gasteiger charge is 2.28. The van der Waals surface area contributed by atoms with Crippen LogP contribution < -0.4 is 15.6 Å². The van der Waals surface area contributed by atoms with Crippen LogP contribution >= 0.6 is 11.6 Å². The number of anilines is 1. The van der Waals surface area contributed by atoms with Crippen molar-refractivity contribution >= 4 is 22.9 Å². The van der Waals surface area contributed by atoms with Crippen LogP contribution in [-0.4, -0.2) is 22.2 Å². The Morgan fingerprint density at radius 2 is 2.00 bits per heavy atom. The molecule has 2 aromatic heterocycles. The fourth-order valence-corrected chi connectivity index (χ4v) is 2.63. The number of alkyl halides is 3. The van der Waals surface area contributed by atoms with Gasteiger partial charge in [0.15, 0.2) is 6.61 Å². The first-order valence-electron chi connectivity index (χ1n) is 7.93. The normalized spacial score (nSPS) is 11.6. The molecule has 0 bridgehead atoms. The number of rotatable bonds is 5. The molecule has 0 aliphatic carbocycles. The lowest BCUT2D eigenvalue weighted by Gasteiger charge is -2.15. The highest BCUT2D eigenvalue weighted by atomic mass is 35.5. The van der Waals surface area contributed by atoms with E-state index in [-0.39, 0.29) is 23.5 Å². The summed E-state index contributed by atoms with van der Waals surface area (Å²) in [5.41, 5.74) is 1.86. The summed E-state index contributed by atoms with van der Waals surface area (Å²) in [7, 11) is 0. The molecule has 1 aromatic carbocycles. The molecule has 3 rings (SSSR count). The quantitative estimate of drug-likeness (QED) is 0.700. The molecular formula is C18H15ClF3N3O2. The number of nitrogens with one attached hydrogen (secondary N) is 1. The summed E-state index contributed by atoms with van der Waals surface area (Å²) in [6.45, 7) is 0.559. The van der Waals surface area contributed by atoms with Gasteiger partial charge in [-0.05, 0) is 36.8 Å². The van der Waals surface area contributed by atoms with Gasteiger partial charge < -0.3 is 10.1 Å². The Labute approximate surface area is 157 Å². The first-order valence-corrected chi connectivity index (χ1v) is 8.31. The smallest absolute Gasteiger partial charge is 0.422 e. The summed E-state index contributed by atoms with van der Waals surface area (Å²) in [5, 5.41) is 3.25. The summed E-state index contributed by atoms with van der Waals surface area (Å²) in [6, 6.07) is 9.14. The molecule has 0 aliphatic heterocycles. The van der Waals surface area contributed by atoms with Gasteiger partial charge in [0.05, 0.1) is 17.9 Å². The Kier molecular flexibility index (Phi) is 5.27. The second kappa shape index (κ2) is 7.48. The Morgan fingerprint density at radius 3 is 2.74 bits per heavy atom. The van der Waals surface area contributed by atoms with E-state index in [9.17, 15) is 18.0 Å². The Bertz CT molecular complexity index is 1030. The minimum Gasteiger partial charge on any atom is -0.482 e. The molecule has 0 saturated carbocycles. The second-order valence-electron chi connectivity index (χ2n) is 5.92. The number of hydrogen-bond acceptors (Lipinski definition) is 4. The lowest BCUT2D eigenvalue weighted by Crippen LogP contribution is -2.20. The Balaban J connectivity index is 1.82. The molecule has 0 radical (unpaired) electrons. The topological polar surface area (TPSA) is 55.6 Å². The maximum Gasteiger partial charge on any atom is 0.422 e. The van der Waals surface area contributed by atoms with Crippen LogP contribution in [0.3, 0.4) is 0 Å². The number of hydrogen-bond donors (Lipinski definition) is 1. The van der Waals surface area contributed by atoms with Gasteiger partial charge in [-0.15, -0.1) is 0 Å². The lowest BCUT2D eigenvalue weighted by molar-refractivity contribution is -0.153. The van der Waals surface area contributed by atoms with Crippen molar-refractivity contribution < 1.29 is 17.9 Å². The minimum atomic E-state index is -4.45. The Hall–Kier alpha value is -2.74. The molecule has 142 valence electrons. The fraction of sp³-hybridized carbons (Fsp3) is 0.222. The minimum absolute atomic E-state index is 0.00450. The van der Waals surface area contributed by atoms with Gasteiger partial charge >= 0.3 is 6.18 Å². The number of aromatic nitrogens is 2. The summed E-state index contributed by atoms with van der Waals surface area (Å²) in [4.78, 5) is 16.6. The summed E-state index contributed by atoms with van der Waals surface area (Å²) in [6.07, 6.45) is -2.77. The van der Waals surface area contributed by atoms with Crippen LogP contribution in [0.4, 0.5) is 18.9 Å². The van der Waals surface area contributed by atoms with E-state index in [1.54, 1.807) is 12.3 Å². The van der Waals surface area contributed by atoms with Crippen molar-refractivity contribution in [3.63, 3.8) is 0 Å². The van der Waals surface area contributed by atoms with Gasteiger partial charge in [0, 0.05) is 17.3 Å². The molecule has 0 aliphatic rings.